The molecule has 2 heterocycles. The first-order chi connectivity index (χ1) is 20.2. The van der Waals surface area contributed by atoms with Gasteiger partial charge in [0.2, 0.25) is 0 Å². The number of hydrogen-bond acceptors (Lipinski definition) is 3. The summed E-state index contributed by atoms with van der Waals surface area (Å²) in [5.74, 6) is 0.842. The van der Waals surface area contributed by atoms with E-state index in [4.69, 9.17) is 6.35 Å². The molecule has 0 unspecified atom stereocenters. The minimum Gasteiger partial charge on any atom is -0.507 e. The monoisotopic (exact) mass is 516 g/mol. The number of pyridine rings is 1. The van der Waals surface area contributed by atoms with Gasteiger partial charge in [0.15, 0.2) is 0 Å². The topological polar surface area (TPSA) is 50.9 Å². The molecular formula is C36H25N3O. The molecule has 0 aliphatic carbocycles. The standard InChI is InChI=1S/C36H25N3O/c40-34-20-8-7-17-31(34)36-38-35-30(18-10-19-33(35)39(36)29-15-5-2-6-16-29)27-13-9-14-28(23-27)32-24-26(21-22-37-32)25-11-3-1-4-12-25/h1-24,40H/i24D. The lowest BCUT2D eigenvalue weighted by Gasteiger charge is -2.11. The van der Waals surface area contributed by atoms with Crippen LogP contribution in [-0.4, -0.2) is 19.6 Å². The third kappa shape index (κ3) is 4.22. The number of nitrogens with zero attached hydrogens (tertiary/aromatic N) is 3. The lowest BCUT2D eigenvalue weighted by molar-refractivity contribution is 0.477. The van der Waals surface area contributed by atoms with Crippen molar-refractivity contribution in [3.63, 3.8) is 0 Å². The fourth-order valence-electron chi connectivity index (χ4n) is 5.17. The van der Waals surface area contributed by atoms with Crippen LogP contribution in [0.15, 0.2) is 146 Å². The maximum Gasteiger partial charge on any atom is 0.149 e. The van der Waals surface area contributed by atoms with E-state index in [-0.39, 0.29) is 5.75 Å². The van der Waals surface area contributed by atoms with Crippen LogP contribution in [0.25, 0.3) is 61.6 Å². The molecule has 1 N–H and O–H groups in total. The zero-order chi connectivity index (χ0) is 27.8. The Balaban J connectivity index is 1.41. The second-order valence-electron chi connectivity index (χ2n) is 9.58. The highest BCUT2D eigenvalue weighted by molar-refractivity contribution is 5.96. The van der Waals surface area contributed by atoms with Gasteiger partial charge in [-0.1, -0.05) is 91.0 Å². The molecule has 0 bridgehead atoms. The van der Waals surface area contributed by atoms with Crippen LogP contribution in [0.4, 0.5) is 0 Å². The van der Waals surface area contributed by atoms with Crippen LogP contribution in [0, 0.1) is 0 Å². The van der Waals surface area contributed by atoms with Crippen molar-refractivity contribution >= 4 is 11.0 Å². The highest BCUT2D eigenvalue weighted by atomic mass is 16.3. The first-order valence-corrected chi connectivity index (χ1v) is 13.2. The highest BCUT2D eigenvalue weighted by Crippen LogP contribution is 2.38. The van der Waals surface area contributed by atoms with Gasteiger partial charge in [-0.05, 0) is 65.2 Å². The molecule has 0 saturated carbocycles. The van der Waals surface area contributed by atoms with Gasteiger partial charge in [-0.3, -0.25) is 9.55 Å². The molecule has 4 nitrogen and oxygen atoms in total. The predicted octanol–water partition coefficient (Wildman–Crippen LogP) is 8.79. The van der Waals surface area contributed by atoms with Crippen LogP contribution >= 0.6 is 0 Å². The Bertz CT molecular complexity index is 2020. The lowest BCUT2D eigenvalue weighted by Crippen LogP contribution is -1.97. The van der Waals surface area contributed by atoms with E-state index in [1.807, 2.05) is 103 Å². The highest BCUT2D eigenvalue weighted by Gasteiger charge is 2.19. The smallest absolute Gasteiger partial charge is 0.149 e. The molecular weight excluding hydrogens is 490 g/mol. The van der Waals surface area contributed by atoms with Crippen molar-refractivity contribution < 1.29 is 6.48 Å². The molecule has 0 spiro atoms. The molecule has 0 amide bonds. The van der Waals surface area contributed by atoms with Crippen molar-refractivity contribution in [2.45, 2.75) is 0 Å². The van der Waals surface area contributed by atoms with Crippen LogP contribution in [0.5, 0.6) is 5.75 Å². The number of phenols is 1. The van der Waals surface area contributed by atoms with E-state index in [0.717, 1.165) is 44.5 Å². The number of phenolic OH excluding ortho intramolecular Hbond substituents is 1. The second kappa shape index (κ2) is 10.0. The Kier molecular flexibility index (Phi) is 5.63. The van der Waals surface area contributed by atoms with Crippen molar-refractivity contribution in [3.05, 3.63) is 146 Å². The van der Waals surface area contributed by atoms with Crippen molar-refractivity contribution in [2.75, 3.05) is 0 Å². The number of imidazole rings is 1. The molecule has 0 saturated heterocycles. The molecule has 4 heteroatoms. The van der Waals surface area contributed by atoms with Gasteiger partial charge in [0.05, 0.1) is 23.7 Å². The Morgan fingerprint density at radius 1 is 0.600 bits per heavy atom. The van der Waals surface area contributed by atoms with Gasteiger partial charge >= 0.3 is 0 Å². The molecule has 0 aliphatic heterocycles. The third-order valence-corrected chi connectivity index (χ3v) is 7.07. The summed E-state index contributed by atoms with van der Waals surface area (Å²) in [7, 11) is 0. The Morgan fingerprint density at radius 2 is 1.27 bits per heavy atom. The zero-order valence-electron chi connectivity index (χ0n) is 22.6. The largest absolute Gasteiger partial charge is 0.507 e. The maximum atomic E-state index is 10.8. The maximum absolute atomic E-state index is 10.8. The molecule has 5 aromatic carbocycles. The summed E-state index contributed by atoms with van der Waals surface area (Å²) in [5, 5.41) is 10.8. The minimum atomic E-state index is 0.177. The van der Waals surface area contributed by atoms with Gasteiger partial charge in [-0.2, -0.15) is 0 Å². The summed E-state index contributed by atoms with van der Waals surface area (Å²) in [4.78, 5) is 9.72. The fourth-order valence-corrected chi connectivity index (χ4v) is 5.17. The van der Waals surface area contributed by atoms with E-state index >= 15 is 0 Å². The molecule has 0 aliphatic rings. The summed E-state index contributed by atoms with van der Waals surface area (Å²) in [6, 6.07) is 43.9. The molecule has 7 aromatic rings. The van der Waals surface area contributed by atoms with E-state index in [9.17, 15) is 5.11 Å². The Hall–Kier alpha value is -5.48. The van der Waals surface area contributed by atoms with Crippen LogP contribution < -0.4 is 0 Å². The number of fused-ring (bicyclic) bond motifs is 1. The first-order valence-electron chi connectivity index (χ1n) is 13.7. The van der Waals surface area contributed by atoms with Gasteiger partial charge < -0.3 is 5.11 Å². The number of aromatic hydroxyl groups is 1. The number of benzene rings is 5. The molecule has 0 atom stereocenters. The second-order valence-corrected chi connectivity index (χ2v) is 9.58. The van der Waals surface area contributed by atoms with Gasteiger partial charge in [0.1, 0.15) is 11.6 Å². The third-order valence-electron chi connectivity index (χ3n) is 7.07. The number of aromatic nitrogens is 3. The van der Waals surface area contributed by atoms with Gasteiger partial charge in [0.25, 0.3) is 0 Å². The quantitative estimate of drug-likeness (QED) is 0.249. The minimum absolute atomic E-state index is 0.177. The molecule has 190 valence electrons. The Labute approximate surface area is 233 Å². The summed E-state index contributed by atoms with van der Waals surface area (Å²) in [5.41, 5.74) is 8.64. The molecule has 7 rings (SSSR count). The van der Waals surface area contributed by atoms with Crippen molar-refractivity contribution in [1.29, 1.82) is 0 Å². The lowest BCUT2D eigenvalue weighted by atomic mass is 9.99. The van der Waals surface area contributed by atoms with Crippen LogP contribution in [0.3, 0.4) is 0 Å². The zero-order valence-corrected chi connectivity index (χ0v) is 21.6. The van der Waals surface area contributed by atoms with Gasteiger partial charge in [-0.15, -0.1) is 0 Å². The first kappa shape index (κ1) is 22.5. The van der Waals surface area contributed by atoms with Crippen LogP contribution in [-0.2, 0) is 0 Å². The van der Waals surface area contributed by atoms with E-state index in [2.05, 4.69) is 33.8 Å². The average molecular weight is 517 g/mol. The van der Waals surface area contributed by atoms with E-state index in [1.54, 1.807) is 12.3 Å². The summed E-state index contributed by atoms with van der Waals surface area (Å²) in [6.45, 7) is 0. The SMILES string of the molecule is [2H]c1c(-c2ccccc2)ccnc1-c1cccc(-c2cccc3c2nc(-c2ccccc2O)n3-c2ccccc2)c1. The van der Waals surface area contributed by atoms with E-state index in [0.29, 0.717) is 23.1 Å². The number of para-hydroxylation sites is 3. The Morgan fingerprint density at radius 3 is 2.10 bits per heavy atom. The molecule has 0 fully saturated rings. The summed E-state index contributed by atoms with van der Waals surface area (Å²) >= 11 is 0. The summed E-state index contributed by atoms with van der Waals surface area (Å²) < 4.78 is 11.1. The van der Waals surface area contributed by atoms with E-state index < -0.39 is 0 Å². The number of rotatable bonds is 5. The van der Waals surface area contributed by atoms with Crippen LogP contribution in [0.2, 0.25) is 0 Å². The molecule has 0 radical (unpaired) electrons. The van der Waals surface area contributed by atoms with Crippen molar-refractivity contribution in [2.24, 2.45) is 0 Å². The van der Waals surface area contributed by atoms with Gasteiger partial charge in [-0.25, -0.2) is 4.98 Å². The average Bonchev–Trinajstić information content (AvgIpc) is 3.42. The molecule has 40 heavy (non-hydrogen) atoms. The van der Waals surface area contributed by atoms with Crippen molar-refractivity contribution in [1.82, 2.24) is 14.5 Å². The van der Waals surface area contributed by atoms with Crippen molar-refractivity contribution in [3.8, 4) is 56.3 Å². The number of hydrogen-bond donors (Lipinski definition) is 1. The summed E-state index contributed by atoms with van der Waals surface area (Å²) in [6.07, 6.45) is 1.77. The van der Waals surface area contributed by atoms with E-state index in [1.165, 1.54) is 0 Å². The van der Waals surface area contributed by atoms with Crippen LogP contribution in [0.1, 0.15) is 1.37 Å². The van der Waals surface area contributed by atoms with Gasteiger partial charge in [0, 0.05) is 23.0 Å². The predicted molar refractivity (Wildman–Crippen MR) is 162 cm³/mol. The fraction of sp³-hybridized carbons (Fsp3) is 0. The molecule has 2 aromatic heterocycles. The normalized spacial score (nSPS) is 11.4.